The second-order valence-electron chi connectivity index (χ2n) is 6.59. The van der Waals surface area contributed by atoms with Crippen LogP contribution in [0.1, 0.15) is 36.5 Å². The Kier molecular flexibility index (Phi) is 4.84. The number of nitrogens with zero attached hydrogens (tertiary/aromatic N) is 1. The van der Waals surface area contributed by atoms with Crippen molar-refractivity contribution in [3.63, 3.8) is 0 Å². The molecule has 1 N–H and O–H groups in total. The Bertz CT molecular complexity index is 530. The monoisotopic (exact) mass is 287 g/mol. The van der Waals surface area contributed by atoms with E-state index >= 15 is 0 Å². The summed E-state index contributed by atoms with van der Waals surface area (Å²) >= 11 is 0. The Balaban J connectivity index is 2.05. The minimum absolute atomic E-state index is 0.0357. The summed E-state index contributed by atoms with van der Waals surface area (Å²) in [5, 5.41) is 9.46. The fourth-order valence-electron chi connectivity index (χ4n) is 3.01. The van der Waals surface area contributed by atoms with Crippen LogP contribution >= 0.6 is 0 Å². The lowest BCUT2D eigenvalue weighted by molar-refractivity contribution is -0.129. The molecule has 1 amide bonds. The van der Waals surface area contributed by atoms with E-state index in [-0.39, 0.29) is 17.9 Å². The molecule has 114 valence electrons. The van der Waals surface area contributed by atoms with E-state index in [1.165, 1.54) is 11.1 Å². The van der Waals surface area contributed by atoms with Crippen molar-refractivity contribution < 1.29 is 9.90 Å². The van der Waals surface area contributed by atoms with Gasteiger partial charge in [0.15, 0.2) is 0 Å². The lowest BCUT2D eigenvalue weighted by atomic mass is 9.83. The molecule has 2 rings (SSSR count). The van der Waals surface area contributed by atoms with Crippen molar-refractivity contribution in [1.82, 2.24) is 4.90 Å². The zero-order valence-electron chi connectivity index (χ0n) is 13.2. The molecule has 1 fully saturated rings. The molecule has 3 nitrogen and oxygen atoms in total. The van der Waals surface area contributed by atoms with E-state index in [1.807, 2.05) is 17.9 Å². The number of aryl methyl sites for hydroxylation is 2. The third-order valence-electron chi connectivity index (χ3n) is 4.14. The summed E-state index contributed by atoms with van der Waals surface area (Å²) in [6.07, 6.45) is 5.47. The van der Waals surface area contributed by atoms with Crippen molar-refractivity contribution in [2.24, 2.45) is 5.41 Å². The highest BCUT2D eigenvalue weighted by molar-refractivity contribution is 5.91. The van der Waals surface area contributed by atoms with Gasteiger partial charge < -0.3 is 10.0 Å². The predicted octanol–water partition coefficient (Wildman–Crippen LogP) is 2.94. The number of benzene rings is 1. The highest BCUT2D eigenvalue weighted by Gasteiger charge is 2.31. The Labute approximate surface area is 127 Å². The van der Waals surface area contributed by atoms with E-state index in [9.17, 15) is 9.90 Å². The largest absolute Gasteiger partial charge is 0.396 e. The number of aliphatic hydroxyl groups excluding tert-OH is 1. The number of rotatable bonds is 3. The van der Waals surface area contributed by atoms with Crippen LogP contribution in [0.15, 0.2) is 24.3 Å². The summed E-state index contributed by atoms with van der Waals surface area (Å²) in [4.78, 5) is 14.1. The van der Waals surface area contributed by atoms with Crippen LogP contribution in [0.3, 0.4) is 0 Å². The van der Waals surface area contributed by atoms with Crippen molar-refractivity contribution in [3.05, 3.63) is 41.0 Å². The molecular weight excluding hydrogens is 262 g/mol. The minimum atomic E-state index is -0.151. The molecule has 0 spiro atoms. The van der Waals surface area contributed by atoms with Gasteiger partial charge in [-0.3, -0.25) is 4.79 Å². The highest BCUT2D eigenvalue weighted by Crippen LogP contribution is 2.28. The molecule has 1 aliphatic rings. The van der Waals surface area contributed by atoms with E-state index in [2.05, 4.69) is 32.0 Å². The van der Waals surface area contributed by atoms with Crippen molar-refractivity contribution >= 4 is 12.0 Å². The number of carbonyl (C=O) groups is 1. The van der Waals surface area contributed by atoms with E-state index < -0.39 is 0 Å². The van der Waals surface area contributed by atoms with E-state index in [4.69, 9.17) is 0 Å². The first kappa shape index (κ1) is 15.8. The van der Waals surface area contributed by atoms with Gasteiger partial charge in [0, 0.05) is 24.6 Å². The molecule has 1 unspecified atom stereocenters. The molecular formula is C18H25NO2. The van der Waals surface area contributed by atoms with Crippen LogP contribution in [0.4, 0.5) is 0 Å². The molecule has 1 aromatic carbocycles. The van der Waals surface area contributed by atoms with Gasteiger partial charge >= 0.3 is 0 Å². The fourth-order valence-corrected chi connectivity index (χ4v) is 3.01. The van der Waals surface area contributed by atoms with Crippen molar-refractivity contribution in [2.75, 3.05) is 19.7 Å². The van der Waals surface area contributed by atoms with Gasteiger partial charge in [-0.05, 0) is 38.3 Å². The number of likely N-dealkylation sites (tertiary alicyclic amines) is 1. The van der Waals surface area contributed by atoms with Gasteiger partial charge in [-0.2, -0.15) is 0 Å². The van der Waals surface area contributed by atoms with E-state index in [0.29, 0.717) is 6.54 Å². The summed E-state index contributed by atoms with van der Waals surface area (Å²) in [5.74, 6) is 0.0357. The summed E-state index contributed by atoms with van der Waals surface area (Å²) in [6, 6.07) is 6.27. The van der Waals surface area contributed by atoms with Gasteiger partial charge in [0.1, 0.15) is 0 Å². The van der Waals surface area contributed by atoms with Crippen LogP contribution in [0.5, 0.6) is 0 Å². The fraction of sp³-hybridized carbons (Fsp3) is 0.500. The van der Waals surface area contributed by atoms with Gasteiger partial charge in [0.25, 0.3) is 0 Å². The van der Waals surface area contributed by atoms with Gasteiger partial charge in [0.2, 0.25) is 5.91 Å². The number of piperidine rings is 1. The molecule has 0 radical (unpaired) electrons. The highest BCUT2D eigenvalue weighted by atomic mass is 16.3. The van der Waals surface area contributed by atoms with Crippen LogP contribution in [0, 0.1) is 19.3 Å². The van der Waals surface area contributed by atoms with Crippen LogP contribution in [-0.4, -0.2) is 35.6 Å². The molecule has 0 aliphatic carbocycles. The Morgan fingerprint density at radius 2 is 2.00 bits per heavy atom. The van der Waals surface area contributed by atoms with Crippen LogP contribution in [-0.2, 0) is 4.79 Å². The van der Waals surface area contributed by atoms with Crippen molar-refractivity contribution in [3.8, 4) is 0 Å². The average Bonchev–Trinajstić information content (AvgIpc) is 2.44. The number of hydrogen-bond acceptors (Lipinski definition) is 2. The first-order valence-corrected chi connectivity index (χ1v) is 7.58. The van der Waals surface area contributed by atoms with E-state index in [0.717, 1.165) is 24.9 Å². The molecule has 1 aliphatic heterocycles. The maximum atomic E-state index is 12.3. The molecule has 1 heterocycles. The summed E-state index contributed by atoms with van der Waals surface area (Å²) in [6.45, 7) is 7.72. The lowest BCUT2D eigenvalue weighted by Crippen LogP contribution is -2.45. The smallest absolute Gasteiger partial charge is 0.246 e. The average molecular weight is 287 g/mol. The van der Waals surface area contributed by atoms with Gasteiger partial charge in [0.05, 0.1) is 6.61 Å². The standard InChI is InChI=1S/C18H25NO2/c1-14-9-15(2)11-16(10-14)5-6-17(21)19-8-4-7-18(3,12-19)13-20/h5-6,9-11,20H,4,7-8,12-13H2,1-3H3/b6-5+. The second-order valence-corrected chi connectivity index (χ2v) is 6.59. The maximum absolute atomic E-state index is 12.3. The van der Waals surface area contributed by atoms with Gasteiger partial charge in [-0.25, -0.2) is 0 Å². The molecule has 1 saturated heterocycles. The van der Waals surface area contributed by atoms with E-state index in [1.54, 1.807) is 6.08 Å². The molecule has 1 aromatic rings. The third kappa shape index (κ3) is 4.18. The third-order valence-corrected chi connectivity index (χ3v) is 4.14. The Morgan fingerprint density at radius 1 is 1.33 bits per heavy atom. The van der Waals surface area contributed by atoms with Crippen molar-refractivity contribution in [1.29, 1.82) is 0 Å². The quantitative estimate of drug-likeness (QED) is 0.868. The SMILES string of the molecule is Cc1cc(C)cc(/C=C/C(=O)N2CCCC(C)(CO)C2)c1. The first-order chi connectivity index (χ1) is 9.92. The summed E-state index contributed by atoms with van der Waals surface area (Å²) < 4.78 is 0. The normalized spacial score (nSPS) is 22.8. The van der Waals surface area contributed by atoms with Gasteiger partial charge in [-0.15, -0.1) is 0 Å². The molecule has 21 heavy (non-hydrogen) atoms. The molecule has 1 atom stereocenters. The Hall–Kier alpha value is -1.61. The van der Waals surface area contributed by atoms with Crippen LogP contribution in [0.25, 0.3) is 6.08 Å². The predicted molar refractivity (Wildman–Crippen MR) is 86.0 cm³/mol. The number of hydrogen-bond donors (Lipinski definition) is 1. The second kappa shape index (κ2) is 6.44. The molecule has 0 aromatic heterocycles. The summed E-state index contributed by atoms with van der Waals surface area (Å²) in [5.41, 5.74) is 3.31. The number of amides is 1. The van der Waals surface area contributed by atoms with Gasteiger partial charge in [-0.1, -0.05) is 36.2 Å². The minimum Gasteiger partial charge on any atom is -0.396 e. The lowest BCUT2D eigenvalue weighted by Gasteiger charge is -2.38. The van der Waals surface area contributed by atoms with Crippen LogP contribution < -0.4 is 0 Å². The number of carbonyl (C=O) groups excluding carboxylic acids is 1. The topological polar surface area (TPSA) is 40.5 Å². The first-order valence-electron chi connectivity index (χ1n) is 7.58. The maximum Gasteiger partial charge on any atom is 0.246 e. The Morgan fingerprint density at radius 3 is 2.62 bits per heavy atom. The summed E-state index contributed by atoms with van der Waals surface area (Å²) in [7, 11) is 0. The van der Waals surface area contributed by atoms with Crippen molar-refractivity contribution in [2.45, 2.75) is 33.6 Å². The molecule has 0 bridgehead atoms. The zero-order chi connectivity index (χ0) is 15.5. The zero-order valence-corrected chi connectivity index (χ0v) is 13.2. The van der Waals surface area contributed by atoms with Crippen LogP contribution in [0.2, 0.25) is 0 Å². The number of aliphatic hydroxyl groups is 1. The molecule has 0 saturated carbocycles. The molecule has 3 heteroatoms.